The van der Waals surface area contributed by atoms with Gasteiger partial charge in [0.05, 0.1) is 26.4 Å². The molecule has 0 N–H and O–H groups in total. The van der Waals surface area contributed by atoms with Gasteiger partial charge in [-0.15, -0.1) is 0 Å². The third kappa shape index (κ3) is 7.17. The molecule has 38 heavy (non-hydrogen) atoms. The second kappa shape index (κ2) is 12.2. The third-order valence-corrected chi connectivity index (χ3v) is 7.59. The molecule has 2 aliphatic rings. The normalized spacial score (nSPS) is 24.4. The highest BCUT2D eigenvalue weighted by molar-refractivity contribution is 7.48. The predicted octanol–water partition coefficient (Wildman–Crippen LogP) is 6.01. The smallest absolute Gasteiger partial charge is 0.368 e. The van der Waals surface area contributed by atoms with Crippen molar-refractivity contribution >= 4 is 7.82 Å². The van der Waals surface area contributed by atoms with Crippen molar-refractivity contribution in [2.75, 3.05) is 6.61 Å². The molecule has 0 aromatic heterocycles. The molecule has 0 spiro atoms. The molecule has 0 radical (unpaired) electrons. The lowest BCUT2D eigenvalue weighted by molar-refractivity contribution is -0.222. The van der Waals surface area contributed by atoms with Crippen LogP contribution in [0.25, 0.3) is 0 Å². The first-order valence-corrected chi connectivity index (χ1v) is 14.1. The zero-order valence-corrected chi connectivity index (χ0v) is 22.4. The van der Waals surface area contributed by atoms with Crippen molar-refractivity contribution in [2.24, 2.45) is 0 Å². The van der Waals surface area contributed by atoms with E-state index < -0.39 is 38.2 Å². The molecule has 2 aliphatic heterocycles. The number of phosphoric acid groups is 1. The lowest BCUT2D eigenvalue weighted by Crippen LogP contribution is -2.38. The van der Waals surface area contributed by atoms with E-state index >= 15 is 0 Å². The Labute approximate surface area is 223 Å². The van der Waals surface area contributed by atoms with Gasteiger partial charge in [-0.1, -0.05) is 91.0 Å². The highest BCUT2D eigenvalue weighted by Gasteiger charge is 2.55. The highest BCUT2D eigenvalue weighted by atomic mass is 31.2. The molecule has 0 unspecified atom stereocenters. The molecule has 2 heterocycles. The zero-order chi connectivity index (χ0) is 26.4. The molecule has 9 heteroatoms. The number of ether oxygens (including phenoxy) is 4. The molecule has 3 aromatic rings. The van der Waals surface area contributed by atoms with Crippen molar-refractivity contribution in [3.63, 3.8) is 0 Å². The second-order valence-corrected chi connectivity index (χ2v) is 11.3. The first kappa shape index (κ1) is 27.2. The Morgan fingerprint density at radius 2 is 1.21 bits per heavy atom. The average molecular weight is 541 g/mol. The molecule has 5 rings (SSSR count). The maximum absolute atomic E-state index is 13.7. The van der Waals surface area contributed by atoms with E-state index in [2.05, 4.69) is 0 Å². The Kier molecular flexibility index (Phi) is 8.73. The molecule has 202 valence electrons. The Morgan fingerprint density at radius 1 is 0.711 bits per heavy atom. The van der Waals surface area contributed by atoms with Crippen molar-refractivity contribution in [3.8, 4) is 0 Å². The van der Waals surface area contributed by atoms with E-state index in [1.165, 1.54) is 0 Å². The van der Waals surface area contributed by atoms with Crippen LogP contribution >= 0.6 is 7.82 Å². The first-order valence-electron chi connectivity index (χ1n) is 12.7. The van der Waals surface area contributed by atoms with Gasteiger partial charge in [-0.05, 0) is 30.5 Å². The predicted molar refractivity (Wildman–Crippen MR) is 140 cm³/mol. The van der Waals surface area contributed by atoms with Gasteiger partial charge in [-0.25, -0.2) is 4.57 Å². The summed E-state index contributed by atoms with van der Waals surface area (Å²) >= 11 is 0. The van der Waals surface area contributed by atoms with Crippen LogP contribution in [0.3, 0.4) is 0 Å². The van der Waals surface area contributed by atoms with Crippen molar-refractivity contribution < 1.29 is 37.1 Å². The van der Waals surface area contributed by atoms with Crippen LogP contribution < -0.4 is 0 Å². The van der Waals surface area contributed by atoms with Gasteiger partial charge < -0.3 is 18.9 Å². The van der Waals surface area contributed by atoms with Crippen molar-refractivity contribution in [3.05, 3.63) is 108 Å². The molecular weight excluding hydrogens is 507 g/mol. The fraction of sp³-hybridized carbons (Fsp3) is 0.379. The lowest BCUT2D eigenvalue weighted by Gasteiger charge is -2.27. The molecule has 8 nitrogen and oxygen atoms in total. The molecule has 0 bridgehead atoms. The van der Waals surface area contributed by atoms with Crippen molar-refractivity contribution in [1.29, 1.82) is 0 Å². The number of hydrogen-bond acceptors (Lipinski definition) is 8. The fourth-order valence-electron chi connectivity index (χ4n) is 4.38. The van der Waals surface area contributed by atoms with E-state index in [9.17, 15) is 4.57 Å². The maximum atomic E-state index is 13.7. The summed E-state index contributed by atoms with van der Waals surface area (Å²) in [7, 11) is -3.98. The van der Waals surface area contributed by atoms with Crippen LogP contribution in [0.5, 0.6) is 0 Å². The summed E-state index contributed by atoms with van der Waals surface area (Å²) in [6.45, 7) is 4.05. The van der Waals surface area contributed by atoms with Crippen molar-refractivity contribution in [1.82, 2.24) is 0 Å². The monoisotopic (exact) mass is 540 g/mol. The van der Waals surface area contributed by atoms with Gasteiger partial charge in [0.1, 0.15) is 18.3 Å². The minimum absolute atomic E-state index is 0.0675. The third-order valence-electron chi connectivity index (χ3n) is 6.23. The Morgan fingerprint density at radius 3 is 1.74 bits per heavy atom. The molecule has 4 atom stereocenters. The number of fused-ring (bicyclic) bond motifs is 1. The van der Waals surface area contributed by atoms with E-state index in [0.29, 0.717) is 6.61 Å². The van der Waals surface area contributed by atoms with Crippen LogP contribution in [0, 0.1) is 0 Å². The Bertz CT molecular complexity index is 1140. The summed E-state index contributed by atoms with van der Waals surface area (Å²) < 4.78 is 55.4. The Balaban J connectivity index is 1.27. The number of phosphoric ester groups is 1. The standard InChI is InChI=1S/C29H33O8P/c1-29(2)36-27-26(31-18-22-12-6-3-7-13-22)25(35-28(27)37-29)21-34-38(30,32-19-23-14-8-4-9-15-23)33-20-24-16-10-5-11-17-24/h3-17,25-28H,18-21H2,1-2H3/t25-,26-,27-,28-/m1/s1. The lowest BCUT2D eigenvalue weighted by atomic mass is 10.1. The fourth-order valence-corrected chi connectivity index (χ4v) is 5.55. The molecule has 2 saturated heterocycles. The molecule has 2 fully saturated rings. The zero-order valence-electron chi connectivity index (χ0n) is 21.5. The molecule has 0 saturated carbocycles. The van der Waals surface area contributed by atoms with Crippen LogP contribution in [-0.4, -0.2) is 37.0 Å². The maximum Gasteiger partial charge on any atom is 0.475 e. The van der Waals surface area contributed by atoms with Crippen LogP contribution in [0.4, 0.5) is 0 Å². The van der Waals surface area contributed by atoms with E-state index in [0.717, 1.165) is 16.7 Å². The minimum atomic E-state index is -3.98. The topological polar surface area (TPSA) is 81.7 Å². The summed E-state index contributed by atoms with van der Waals surface area (Å²) in [4.78, 5) is 0. The van der Waals surface area contributed by atoms with Gasteiger partial charge in [-0.2, -0.15) is 0 Å². The van der Waals surface area contributed by atoms with E-state index in [-0.39, 0.29) is 19.8 Å². The van der Waals surface area contributed by atoms with Gasteiger partial charge in [0.25, 0.3) is 0 Å². The minimum Gasteiger partial charge on any atom is -0.368 e. The van der Waals surface area contributed by atoms with Crippen LogP contribution in [0.2, 0.25) is 0 Å². The molecule has 3 aromatic carbocycles. The Hall–Kier alpha value is -2.39. The molecule has 0 amide bonds. The molecular formula is C29H33O8P. The number of rotatable bonds is 12. The van der Waals surface area contributed by atoms with Gasteiger partial charge in [0.15, 0.2) is 12.1 Å². The van der Waals surface area contributed by atoms with E-state index in [4.69, 9.17) is 32.5 Å². The van der Waals surface area contributed by atoms with Gasteiger partial charge >= 0.3 is 7.82 Å². The van der Waals surface area contributed by atoms with E-state index in [1.54, 1.807) is 0 Å². The summed E-state index contributed by atoms with van der Waals surface area (Å²) in [5, 5.41) is 0. The van der Waals surface area contributed by atoms with Crippen LogP contribution in [0.15, 0.2) is 91.0 Å². The quantitative estimate of drug-likeness (QED) is 0.259. The SMILES string of the molecule is CC1(C)O[C@H]2O[C@H](COP(=O)(OCc3ccccc3)OCc3ccccc3)[C@@H](OCc3ccccc3)[C@H]2O1. The summed E-state index contributed by atoms with van der Waals surface area (Å²) in [6.07, 6.45) is -2.22. The average Bonchev–Trinajstić information content (AvgIpc) is 3.41. The van der Waals surface area contributed by atoms with Gasteiger partial charge in [0.2, 0.25) is 0 Å². The number of benzene rings is 3. The van der Waals surface area contributed by atoms with Crippen molar-refractivity contribution in [2.45, 2.75) is 64.1 Å². The van der Waals surface area contributed by atoms with Crippen LogP contribution in [0.1, 0.15) is 30.5 Å². The second-order valence-electron chi connectivity index (χ2n) is 9.67. The van der Waals surface area contributed by atoms with Crippen LogP contribution in [-0.2, 0) is 56.9 Å². The largest absolute Gasteiger partial charge is 0.475 e. The summed E-state index contributed by atoms with van der Waals surface area (Å²) in [5.41, 5.74) is 2.70. The summed E-state index contributed by atoms with van der Waals surface area (Å²) in [6, 6.07) is 28.7. The van der Waals surface area contributed by atoms with Gasteiger partial charge in [-0.3, -0.25) is 13.6 Å². The first-order chi connectivity index (χ1) is 18.4. The highest BCUT2D eigenvalue weighted by Crippen LogP contribution is 2.52. The molecule has 0 aliphatic carbocycles. The van der Waals surface area contributed by atoms with Gasteiger partial charge in [0, 0.05) is 0 Å². The van der Waals surface area contributed by atoms with E-state index in [1.807, 2.05) is 105 Å². The number of hydrogen-bond donors (Lipinski definition) is 0. The summed E-state index contributed by atoms with van der Waals surface area (Å²) in [5.74, 6) is -0.803.